The second kappa shape index (κ2) is 6.66. The van der Waals surface area contributed by atoms with Gasteiger partial charge in [0, 0.05) is 13.7 Å². The van der Waals surface area contributed by atoms with Crippen molar-refractivity contribution in [3.8, 4) is 0 Å². The highest BCUT2D eigenvalue weighted by atomic mass is 19.4. The van der Waals surface area contributed by atoms with Crippen molar-refractivity contribution < 1.29 is 22.7 Å². The minimum atomic E-state index is -4.83. The maximum absolute atomic E-state index is 11.7. The highest BCUT2D eigenvalue weighted by Crippen LogP contribution is 2.14. The fraction of sp³-hybridized carbons (Fsp3) is 0.889. The predicted molar refractivity (Wildman–Crippen MR) is 51.5 cm³/mol. The van der Waals surface area contributed by atoms with Crippen molar-refractivity contribution in [3.05, 3.63) is 0 Å². The number of hydrogen-bond acceptors (Lipinski definition) is 2. The van der Waals surface area contributed by atoms with Gasteiger partial charge in [0.05, 0.1) is 5.60 Å². The molecule has 0 aromatic rings. The third kappa shape index (κ3) is 8.23. The molecule has 0 aliphatic carbocycles. The summed E-state index contributed by atoms with van der Waals surface area (Å²) in [7, 11) is 1.36. The molecule has 0 aromatic carbocycles. The van der Waals surface area contributed by atoms with Gasteiger partial charge in [0.15, 0.2) is 0 Å². The van der Waals surface area contributed by atoms with E-state index in [-0.39, 0.29) is 6.54 Å². The lowest BCUT2D eigenvalue weighted by molar-refractivity contribution is -0.174. The van der Waals surface area contributed by atoms with Gasteiger partial charge >= 0.3 is 12.1 Å². The van der Waals surface area contributed by atoms with E-state index in [1.54, 1.807) is 19.2 Å². The second-order valence-corrected chi connectivity index (χ2v) is 3.14. The molecule has 92 valence electrons. The number of halogens is 3. The number of carbonyl (C=O) groups is 1. The Bertz CT molecular complexity index is 190. The van der Waals surface area contributed by atoms with Crippen molar-refractivity contribution in [2.45, 2.75) is 39.5 Å². The molecule has 0 saturated carbocycles. The van der Waals surface area contributed by atoms with Crippen molar-refractivity contribution in [2.75, 3.05) is 13.7 Å². The molecule has 15 heavy (non-hydrogen) atoms. The summed E-state index contributed by atoms with van der Waals surface area (Å²) in [5.41, 5.74) is -0.791. The number of alkyl halides is 3. The van der Waals surface area contributed by atoms with Gasteiger partial charge in [-0.2, -0.15) is 13.2 Å². The summed E-state index contributed by atoms with van der Waals surface area (Å²) in [6, 6.07) is 0. The average Bonchev–Trinajstić information content (AvgIpc) is 2.16. The molecule has 0 spiro atoms. The third-order valence-corrected chi connectivity index (χ3v) is 1.48. The predicted octanol–water partition coefficient (Wildman–Crippen LogP) is 2.12. The lowest BCUT2D eigenvalue weighted by atomic mass is 10.1. The normalized spacial score (nSPS) is 11.5. The standard InChI is InChI=1S/C7H12F3NO2.C2H6/c1-6(2,13-3)4-11-5(12)7(8,9)10;1-2/h4H2,1-3H3,(H,11,12);1-2H3. The van der Waals surface area contributed by atoms with E-state index in [4.69, 9.17) is 4.74 Å². The van der Waals surface area contributed by atoms with E-state index in [0.717, 1.165) is 0 Å². The SMILES string of the molecule is CC.COC(C)(C)CNC(=O)C(F)(F)F. The summed E-state index contributed by atoms with van der Waals surface area (Å²) in [4.78, 5) is 10.3. The Morgan fingerprint density at radius 1 is 1.27 bits per heavy atom. The minimum Gasteiger partial charge on any atom is -0.377 e. The van der Waals surface area contributed by atoms with Gasteiger partial charge in [-0.3, -0.25) is 4.79 Å². The summed E-state index contributed by atoms with van der Waals surface area (Å²) < 4.78 is 39.8. The summed E-state index contributed by atoms with van der Waals surface area (Å²) in [6.45, 7) is 6.97. The quantitative estimate of drug-likeness (QED) is 0.805. The first-order valence-electron chi connectivity index (χ1n) is 4.59. The van der Waals surface area contributed by atoms with Gasteiger partial charge in [-0.05, 0) is 13.8 Å². The maximum atomic E-state index is 11.7. The summed E-state index contributed by atoms with van der Waals surface area (Å²) in [5, 5.41) is 1.72. The van der Waals surface area contributed by atoms with Gasteiger partial charge in [0.1, 0.15) is 0 Å². The largest absolute Gasteiger partial charge is 0.471 e. The number of amides is 1. The number of hydrogen-bond donors (Lipinski definition) is 1. The summed E-state index contributed by atoms with van der Waals surface area (Å²) in [5.74, 6) is -1.95. The van der Waals surface area contributed by atoms with Crippen LogP contribution in [-0.4, -0.2) is 31.3 Å². The van der Waals surface area contributed by atoms with Gasteiger partial charge in [-0.15, -0.1) is 0 Å². The van der Waals surface area contributed by atoms with Crippen LogP contribution >= 0.6 is 0 Å². The fourth-order valence-electron chi connectivity index (χ4n) is 0.466. The Hall–Kier alpha value is -0.780. The van der Waals surface area contributed by atoms with Crippen LogP contribution in [0.15, 0.2) is 0 Å². The highest BCUT2D eigenvalue weighted by Gasteiger charge is 2.39. The lowest BCUT2D eigenvalue weighted by Crippen LogP contribution is -2.45. The van der Waals surface area contributed by atoms with Crippen LogP contribution in [0.5, 0.6) is 0 Å². The van der Waals surface area contributed by atoms with Crippen LogP contribution in [0.2, 0.25) is 0 Å². The number of carbonyl (C=O) groups excluding carboxylic acids is 1. The van der Waals surface area contributed by atoms with Crippen LogP contribution in [0.1, 0.15) is 27.7 Å². The number of nitrogens with one attached hydrogen (secondary N) is 1. The van der Waals surface area contributed by atoms with Crippen LogP contribution in [0.3, 0.4) is 0 Å². The molecule has 3 nitrogen and oxygen atoms in total. The van der Waals surface area contributed by atoms with Crippen molar-refractivity contribution in [1.29, 1.82) is 0 Å². The third-order valence-electron chi connectivity index (χ3n) is 1.48. The Balaban J connectivity index is 0. The first-order valence-corrected chi connectivity index (χ1v) is 4.59. The number of ether oxygens (including phenoxy) is 1. The van der Waals surface area contributed by atoms with E-state index in [9.17, 15) is 18.0 Å². The van der Waals surface area contributed by atoms with Gasteiger partial charge in [-0.25, -0.2) is 0 Å². The summed E-state index contributed by atoms with van der Waals surface area (Å²) in [6.07, 6.45) is -4.83. The van der Waals surface area contributed by atoms with E-state index < -0.39 is 17.7 Å². The molecule has 1 amide bonds. The molecule has 1 N–H and O–H groups in total. The van der Waals surface area contributed by atoms with Gasteiger partial charge in [0.2, 0.25) is 0 Å². The topological polar surface area (TPSA) is 38.3 Å². The van der Waals surface area contributed by atoms with Crippen molar-refractivity contribution in [2.24, 2.45) is 0 Å². The van der Waals surface area contributed by atoms with Crippen LogP contribution < -0.4 is 5.32 Å². The molecule has 0 aliphatic heterocycles. The Morgan fingerprint density at radius 2 is 1.67 bits per heavy atom. The van der Waals surface area contributed by atoms with Gasteiger partial charge in [-0.1, -0.05) is 13.8 Å². The van der Waals surface area contributed by atoms with Crippen LogP contribution in [0, 0.1) is 0 Å². The average molecular weight is 229 g/mol. The molecule has 0 rings (SSSR count). The van der Waals surface area contributed by atoms with Crippen molar-refractivity contribution in [3.63, 3.8) is 0 Å². The Morgan fingerprint density at radius 3 is 1.93 bits per heavy atom. The maximum Gasteiger partial charge on any atom is 0.471 e. The first-order chi connectivity index (χ1) is 6.69. The molecule has 0 aliphatic rings. The molecular weight excluding hydrogens is 211 g/mol. The van der Waals surface area contributed by atoms with Gasteiger partial charge in [0.25, 0.3) is 0 Å². The van der Waals surface area contributed by atoms with Crippen molar-refractivity contribution >= 4 is 5.91 Å². The van der Waals surface area contributed by atoms with E-state index in [0.29, 0.717) is 0 Å². The molecule has 0 atom stereocenters. The Kier molecular flexibility index (Phi) is 7.39. The van der Waals surface area contributed by atoms with Gasteiger partial charge < -0.3 is 10.1 Å². The molecule has 6 heteroatoms. The minimum absolute atomic E-state index is 0.179. The molecule has 0 heterocycles. The molecule has 0 radical (unpaired) electrons. The van der Waals surface area contributed by atoms with E-state index in [1.165, 1.54) is 7.11 Å². The monoisotopic (exact) mass is 229 g/mol. The molecule has 0 saturated heterocycles. The van der Waals surface area contributed by atoms with Crippen LogP contribution in [0.4, 0.5) is 13.2 Å². The van der Waals surface area contributed by atoms with E-state index in [1.807, 2.05) is 13.8 Å². The highest BCUT2D eigenvalue weighted by molar-refractivity contribution is 5.81. The molecule has 0 unspecified atom stereocenters. The fourth-order valence-corrected chi connectivity index (χ4v) is 0.466. The molecule has 0 bridgehead atoms. The van der Waals surface area contributed by atoms with Crippen molar-refractivity contribution in [1.82, 2.24) is 5.32 Å². The zero-order valence-electron chi connectivity index (χ0n) is 9.66. The zero-order chi connectivity index (χ0) is 12.7. The molecule has 0 fully saturated rings. The molecular formula is C9H18F3NO2. The second-order valence-electron chi connectivity index (χ2n) is 3.14. The smallest absolute Gasteiger partial charge is 0.377 e. The number of rotatable bonds is 3. The van der Waals surface area contributed by atoms with Crippen LogP contribution in [0.25, 0.3) is 0 Å². The lowest BCUT2D eigenvalue weighted by Gasteiger charge is -2.23. The first kappa shape index (κ1) is 16.6. The van der Waals surface area contributed by atoms with Crippen LogP contribution in [-0.2, 0) is 9.53 Å². The Labute approximate surface area is 88.0 Å². The zero-order valence-corrected chi connectivity index (χ0v) is 9.66. The van der Waals surface area contributed by atoms with E-state index in [2.05, 4.69) is 0 Å². The molecule has 0 aromatic heterocycles. The van der Waals surface area contributed by atoms with E-state index >= 15 is 0 Å². The summed E-state index contributed by atoms with van der Waals surface area (Å²) >= 11 is 0. The number of methoxy groups -OCH3 is 1.